The Morgan fingerprint density at radius 3 is 2.66 bits per heavy atom. The molecule has 0 atom stereocenters. The molecule has 2 aliphatic heterocycles. The van der Waals surface area contributed by atoms with Gasteiger partial charge in [-0.3, -0.25) is 9.67 Å². The Labute approximate surface area is 203 Å². The highest BCUT2D eigenvalue weighted by atomic mass is 19.1. The van der Waals surface area contributed by atoms with E-state index in [1.54, 1.807) is 18.5 Å². The normalized spacial score (nSPS) is 16.3. The topological polar surface area (TPSA) is 64.6 Å². The van der Waals surface area contributed by atoms with E-state index in [1.807, 2.05) is 30.7 Å². The monoisotopic (exact) mass is 472 g/mol. The second-order valence-corrected chi connectivity index (χ2v) is 10.2. The van der Waals surface area contributed by atoms with Crippen LogP contribution in [0, 0.1) is 5.82 Å². The molecule has 0 spiro atoms. The predicted molar refractivity (Wildman–Crippen MR) is 135 cm³/mol. The van der Waals surface area contributed by atoms with Gasteiger partial charge in [0.05, 0.1) is 30.4 Å². The number of hydrogen-bond acceptors (Lipinski definition) is 4. The van der Waals surface area contributed by atoms with E-state index in [0.717, 1.165) is 59.3 Å². The van der Waals surface area contributed by atoms with Gasteiger partial charge >= 0.3 is 0 Å². The van der Waals surface area contributed by atoms with Gasteiger partial charge in [-0.05, 0) is 74.2 Å². The van der Waals surface area contributed by atoms with Gasteiger partial charge in [-0.1, -0.05) is 0 Å². The molecule has 0 aliphatic carbocycles. The Kier molecular flexibility index (Phi) is 5.34. The minimum absolute atomic E-state index is 0.251. The third kappa shape index (κ3) is 4.09. The Bertz CT molecular complexity index is 1420. The van der Waals surface area contributed by atoms with Crippen molar-refractivity contribution in [3.63, 3.8) is 0 Å². The summed E-state index contributed by atoms with van der Waals surface area (Å²) in [5, 5.41) is 16.1. The summed E-state index contributed by atoms with van der Waals surface area (Å²) in [6, 6.07) is 11.2. The number of fused-ring (bicyclic) bond motifs is 2. The molecule has 1 saturated heterocycles. The van der Waals surface area contributed by atoms with Crippen molar-refractivity contribution in [2.75, 3.05) is 13.2 Å². The van der Waals surface area contributed by atoms with Crippen molar-refractivity contribution < 1.29 is 14.2 Å². The first kappa shape index (κ1) is 22.2. The molecule has 0 saturated carbocycles. The van der Waals surface area contributed by atoms with E-state index in [2.05, 4.69) is 26.8 Å². The molecule has 0 radical (unpaired) electrons. The highest BCUT2D eigenvalue weighted by molar-refractivity contribution is 6.03. The van der Waals surface area contributed by atoms with Gasteiger partial charge in [-0.15, -0.1) is 0 Å². The van der Waals surface area contributed by atoms with Gasteiger partial charge in [0, 0.05) is 59.4 Å². The van der Waals surface area contributed by atoms with Crippen LogP contribution in [0.5, 0.6) is 0 Å². The Morgan fingerprint density at radius 2 is 1.91 bits per heavy atom. The maximum Gasteiger partial charge on any atom is 0.123 e. The van der Waals surface area contributed by atoms with Gasteiger partial charge in [-0.2, -0.15) is 5.10 Å². The van der Waals surface area contributed by atoms with Gasteiger partial charge in [0.25, 0.3) is 0 Å². The summed E-state index contributed by atoms with van der Waals surface area (Å²) < 4.78 is 23.7. The molecule has 4 heterocycles. The average Bonchev–Trinajstić information content (AvgIpc) is 3.54. The number of nitrogens with zero attached hydrogens (tertiary/aromatic N) is 4. The maximum atomic E-state index is 13.9. The summed E-state index contributed by atoms with van der Waals surface area (Å²) in [6.07, 6.45) is 7.69. The fraction of sp³-hybridized carbons (Fsp3) is 0.357. The van der Waals surface area contributed by atoms with Gasteiger partial charge in [-0.25, -0.2) is 4.39 Å². The largest absolute Gasteiger partial charge is 0.389 e. The van der Waals surface area contributed by atoms with Gasteiger partial charge in [0.1, 0.15) is 5.82 Å². The van der Waals surface area contributed by atoms with E-state index in [-0.39, 0.29) is 11.7 Å². The molecule has 7 heteroatoms. The van der Waals surface area contributed by atoms with Crippen LogP contribution >= 0.6 is 0 Å². The van der Waals surface area contributed by atoms with Crippen LogP contribution in [0.2, 0.25) is 0 Å². The minimum atomic E-state index is -0.868. The number of aliphatic hydroxyl groups is 1. The number of benzene rings is 2. The molecular weight excluding hydrogens is 443 g/mol. The van der Waals surface area contributed by atoms with Gasteiger partial charge < -0.3 is 14.4 Å². The predicted octanol–water partition coefficient (Wildman–Crippen LogP) is 5.23. The number of rotatable bonds is 5. The number of hydrogen-bond donors (Lipinski definition) is 1. The van der Waals surface area contributed by atoms with Crippen molar-refractivity contribution in [3.05, 3.63) is 71.4 Å². The SMILES string of the molecule is CC(C)(O)Cn1cc(-c2c(C3CCOCC3)n(-c3ccc(F)cc3)c3cc4c(cc23)CN=C4)cn1. The molecule has 0 amide bonds. The average molecular weight is 473 g/mol. The van der Waals surface area contributed by atoms with Gasteiger partial charge in [0.15, 0.2) is 0 Å². The smallest absolute Gasteiger partial charge is 0.123 e. The molecule has 2 aliphatic rings. The quantitative estimate of drug-likeness (QED) is 0.433. The Hall–Kier alpha value is -3.29. The highest BCUT2D eigenvalue weighted by Crippen LogP contribution is 2.44. The van der Waals surface area contributed by atoms with Crippen LogP contribution < -0.4 is 0 Å². The Morgan fingerprint density at radius 1 is 1.14 bits per heavy atom. The van der Waals surface area contributed by atoms with Crippen molar-refractivity contribution in [1.82, 2.24) is 14.3 Å². The van der Waals surface area contributed by atoms with Crippen LogP contribution in [0.1, 0.15) is 49.4 Å². The van der Waals surface area contributed by atoms with E-state index in [4.69, 9.17) is 4.74 Å². The lowest BCUT2D eigenvalue weighted by Gasteiger charge is -2.25. The van der Waals surface area contributed by atoms with Crippen LogP contribution in [0.15, 0.2) is 53.8 Å². The fourth-order valence-corrected chi connectivity index (χ4v) is 5.42. The van der Waals surface area contributed by atoms with Gasteiger partial charge in [0.2, 0.25) is 0 Å². The van der Waals surface area contributed by atoms with E-state index in [1.165, 1.54) is 23.4 Å². The molecule has 2 aromatic heterocycles. The number of aliphatic imine (C=N–C) groups is 1. The van der Waals surface area contributed by atoms with Crippen LogP contribution in [0.4, 0.5) is 4.39 Å². The standard InChI is InChI=1S/C28H29FN4O2/c1-28(2,34)17-32-16-21(15-31-32)26-24-11-19-13-30-14-20(19)12-25(24)33(23-5-3-22(29)4-6-23)27(26)18-7-9-35-10-8-18/h3-6,11-12,14-16,18,34H,7-10,13,17H2,1-2H3. The highest BCUT2D eigenvalue weighted by Gasteiger charge is 2.29. The van der Waals surface area contributed by atoms with Crippen LogP contribution in [0.25, 0.3) is 27.7 Å². The first-order valence-electron chi connectivity index (χ1n) is 12.2. The summed E-state index contributed by atoms with van der Waals surface area (Å²) in [6.45, 7) is 6.08. The van der Waals surface area contributed by atoms with Crippen molar-refractivity contribution in [1.29, 1.82) is 0 Å². The third-order valence-electron chi connectivity index (χ3n) is 6.92. The second kappa shape index (κ2) is 8.43. The molecule has 6 rings (SSSR count). The van der Waals surface area contributed by atoms with Crippen LogP contribution in [-0.4, -0.2) is 44.5 Å². The first-order chi connectivity index (χ1) is 16.9. The fourth-order valence-electron chi connectivity index (χ4n) is 5.42. The molecule has 4 aromatic rings. The lowest BCUT2D eigenvalue weighted by Crippen LogP contribution is -2.26. The van der Waals surface area contributed by atoms with Crippen LogP contribution in [-0.2, 0) is 17.8 Å². The van der Waals surface area contributed by atoms with Crippen molar-refractivity contribution in [2.45, 2.75) is 51.3 Å². The summed E-state index contributed by atoms with van der Waals surface area (Å²) in [5.74, 6) is 0.0383. The number of ether oxygens (including phenoxy) is 1. The van der Waals surface area contributed by atoms with Crippen LogP contribution in [0.3, 0.4) is 0 Å². The molecule has 1 fully saturated rings. The molecule has 2 aromatic carbocycles. The van der Waals surface area contributed by atoms with Crippen molar-refractivity contribution in [3.8, 4) is 16.8 Å². The summed E-state index contributed by atoms with van der Waals surface area (Å²) in [5.41, 5.74) is 6.84. The van der Waals surface area contributed by atoms with E-state index >= 15 is 0 Å². The zero-order chi connectivity index (χ0) is 24.2. The Balaban J connectivity index is 1.64. The van der Waals surface area contributed by atoms with Crippen molar-refractivity contribution >= 4 is 17.1 Å². The van der Waals surface area contributed by atoms with E-state index in [0.29, 0.717) is 13.1 Å². The zero-order valence-corrected chi connectivity index (χ0v) is 20.0. The maximum absolute atomic E-state index is 13.9. The molecule has 1 N–H and O–H groups in total. The summed E-state index contributed by atoms with van der Waals surface area (Å²) in [7, 11) is 0. The van der Waals surface area contributed by atoms with E-state index in [9.17, 15) is 9.50 Å². The molecule has 35 heavy (non-hydrogen) atoms. The van der Waals surface area contributed by atoms with Crippen molar-refractivity contribution in [2.24, 2.45) is 4.99 Å². The number of aromatic nitrogens is 3. The zero-order valence-electron chi connectivity index (χ0n) is 20.0. The summed E-state index contributed by atoms with van der Waals surface area (Å²) >= 11 is 0. The summed E-state index contributed by atoms with van der Waals surface area (Å²) in [4.78, 5) is 4.48. The lowest BCUT2D eigenvalue weighted by molar-refractivity contribution is 0.0577. The third-order valence-corrected chi connectivity index (χ3v) is 6.92. The first-order valence-corrected chi connectivity index (χ1v) is 12.2. The molecule has 6 nitrogen and oxygen atoms in total. The number of halogens is 1. The van der Waals surface area contributed by atoms with E-state index < -0.39 is 5.60 Å². The molecule has 0 bridgehead atoms. The molecule has 0 unspecified atom stereocenters. The molecular formula is C28H29FN4O2. The molecule has 180 valence electrons. The minimum Gasteiger partial charge on any atom is -0.389 e. The lowest BCUT2D eigenvalue weighted by atomic mass is 9.90. The second-order valence-electron chi connectivity index (χ2n) is 10.2.